The van der Waals surface area contributed by atoms with Gasteiger partial charge in [0.15, 0.2) is 0 Å². The van der Waals surface area contributed by atoms with E-state index in [1.54, 1.807) is 0 Å². The predicted molar refractivity (Wildman–Crippen MR) is 62.5 cm³/mol. The molecule has 0 bridgehead atoms. The molecule has 3 N–H and O–H groups in total. The van der Waals surface area contributed by atoms with E-state index in [0.29, 0.717) is 24.7 Å². The molecule has 90 valence electrons. The lowest BCUT2D eigenvalue weighted by Crippen LogP contribution is -2.39. The van der Waals surface area contributed by atoms with Gasteiger partial charge < -0.3 is 15.2 Å². The van der Waals surface area contributed by atoms with Crippen molar-refractivity contribution in [3.05, 3.63) is 22.9 Å². The molecule has 1 aliphatic carbocycles. The molecule has 3 rings (SSSR count). The van der Waals surface area contributed by atoms with E-state index in [0.717, 1.165) is 25.0 Å². The number of aromatic nitrogens is 1. The molecule has 1 aromatic rings. The first-order valence-corrected chi connectivity index (χ1v) is 5.85. The summed E-state index contributed by atoms with van der Waals surface area (Å²) < 4.78 is 10.8. The molecule has 17 heavy (non-hydrogen) atoms. The zero-order valence-electron chi connectivity index (χ0n) is 9.53. The third kappa shape index (κ3) is 1.86. The molecule has 1 aliphatic heterocycles. The average molecular weight is 233 g/mol. The molecule has 0 atom stereocenters. The molecule has 0 spiro atoms. The molecule has 5 nitrogen and oxygen atoms in total. The molecule has 0 amide bonds. The number of hydrogen-bond acceptors (Lipinski definition) is 4. The number of fused-ring (bicyclic) bond motifs is 1. The number of amidine groups is 1. The van der Waals surface area contributed by atoms with E-state index in [9.17, 15) is 0 Å². The second-order valence-electron chi connectivity index (χ2n) is 4.49. The summed E-state index contributed by atoms with van der Waals surface area (Å²) in [5.74, 6) is 0.508. The van der Waals surface area contributed by atoms with Crippen molar-refractivity contribution in [2.24, 2.45) is 5.73 Å². The fraction of sp³-hybridized carbons (Fsp3) is 0.500. The average Bonchev–Trinajstić information content (AvgIpc) is 2.68. The van der Waals surface area contributed by atoms with Crippen LogP contribution in [0.5, 0.6) is 5.88 Å². The summed E-state index contributed by atoms with van der Waals surface area (Å²) >= 11 is 0. The van der Waals surface area contributed by atoms with E-state index < -0.39 is 0 Å². The van der Waals surface area contributed by atoms with Crippen LogP contribution in [-0.4, -0.2) is 30.1 Å². The number of aryl methyl sites for hydroxylation is 2. The Kier molecular flexibility index (Phi) is 2.48. The first kappa shape index (κ1) is 10.5. The van der Waals surface area contributed by atoms with Crippen molar-refractivity contribution in [2.75, 3.05) is 13.2 Å². The number of nitrogens with two attached hydrogens (primary N) is 1. The third-order valence-corrected chi connectivity index (χ3v) is 3.19. The van der Waals surface area contributed by atoms with Crippen molar-refractivity contribution in [3.63, 3.8) is 0 Å². The number of nitrogen functional groups attached to an aromatic ring is 1. The largest absolute Gasteiger partial charge is 0.469 e. The number of ether oxygens (including phenoxy) is 2. The Bertz CT molecular complexity index is 469. The lowest BCUT2D eigenvalue weighted by atomic mass is 10.1. The number of pyridine rings is 1. The quantitative estimate of drug-likeness (QED) is 0.592. The van der Waals surface area contributed by atoms with Crippen molar-refractivity contribution in [1.82, 2.24) is 4.98 Å². The van der Waals surface area contributed by atoms with Crippen molar-refractivity contribution in [1.29, 1.82) is 5.41 Å². The normalized spacial score (nSPS) is 18.6. The third-order valence-electron chi connectivity index (χ3n) is 3.19. The second kappa shape index (κ2) is 4.00. The van der Waals surface area contributed by atoms with Gasteiger partial charge in [0.25, 0.3) is 0 Å². The van der Waals surface area contributed by atoms with Crippen LogP contribution >= 0.6 is 0 Å². The summed E-state index contributed by atoms with van der Waals surface area (Å²) in [6.45, 7) is 1.19. The van der Waals surface area contributed by atoms with Crippen molar-refractivity contribution in [2.45, 2.75) is 25.4 Å². The number of nitrogens with zero attached hydrogens (tertiary/aromatic N) is 1. The Morgan fingerprint density at radius 2 is 2.29 bits per heavy atom. The van der Waals surface area contributed by atoms with Crippen molar-refractivity contribution in [3.8, 4) is 5.88 Å². The Hall–Kier alpha value is -1.62. The number of nitrogens with one attached hydrogen (secondary N) is 1. The summed E-state index contributed by atoms with van der Waals surface area (Å²) in [7, 11) is 0. The fourth-order valence-corrected chi connectivity index (χ4v) is 2.18. The SMILES string of the molecule is N=C(N)c1cc2c(nc1OC1COC1)CCC2. The zero-order chi connectivity index (χ0) is 11.8. The van der Waals surface area contributed by atoms with Gasteiger partial charge in [-0.15, -0.1) is 0 Å². The van der Waals surface area contributed by atoms with Crippen LogP contribution in [0.2, 0.25) is 0 Å². The van der Waals surface area contributed by atoms with Gasteiger partial charge in [0.2, 0.25) is 5.88 Å². The Balaban J connectivity index is 1.95. The van der Waals surface area contributed by atoms with Gasteiger partial charge in [0, 0.05) is 5.69 Å². The molecule has 5 heteroatoms. The Morgan fingerprint density at radius 3 is 2.94 bits per heavy atom. The van der Waals surface area contributed by atoms with E-state index in [2.05, 4.69) is 4.98 Å². The summed E-state index contributed by atoms with van der Waals surface area (Å²) in [6, 6.07) is 1.95. The van der Waals surface area contributed by atoms with Crippen LogP contribution in [0, 0.1) is 5.41 Å². The number of hydrogen-bond donors (Lipinski definition) is 2. The van der Waals surface area contributed by atoms with Gasteiger partial charge in [-0.05, 0) is 30.9 Å². The lowest BCUT2D eigenvalue weighted by Gasteiger charge is -2.27. The highest BCUT2D eigenvalue weighted by molar-refractivity contribution is 5.97. The molecule has 2 heterocycles. The maximum atomic E-state index is 7.58. The molecule has 0 radical (unpaired) electrons. The van der Waals surface area contributed by atoms with Gasteiger partial charge in [-0.3, -0.25) is 5.41 Å². The summed E-state index contributed by atoms with van der Waals surface area (Å²) in [6.07, 6.45) is 3.19. The maximum absolute atomic E-state index is 7.58. The van der Waals surface area contributed by atoms with Crippen LogP contribution in [0.15, 0.2) is 6.07 Å². The molecule has 1 fully saturated rings. The van der Waals surface area contributed by atoms with E-state index in [-0.39, 0.29) is 11.9 Å². The molecule has 0 aromatic carbocycles. The molecule has 1 aromatic heterocycles. The van der Waals surface area contributed by atoms with Crippen LogP contribution < -0.4 is 10.5 Å². The van der Waals surface area contributed by atoms with Gasteiger partial charge in [-0.1, -0.05) is 0 Å². The zero-order valence-corrected chi connectivity index (χ0v) is 9.53. The highest BCUT2D eigenvalue weighted by Gasteiger charge is 2.25. The predicted octanol–water partition coefficient (Wildman–Crippen LogP) is 0.632. The van der Waals surface area contributed by atoms with Gasteiger partial charge >= 0.3 is 0 Å². The summed E-state index contributed by atoms with van der Waals surface area (Å²) in [5, 5.41) is 7.58. The highest BCUT2D eigenvalue weighted by atomic mass is 16.6. The minimum Gasteiger partial charge on any atom is -0.469 e. The summed E-state index contributed by atoms with van der Waals surface area (Å²) in [5.41, 5.74) is 8.47. The van der Waals surface area contributed by atoms with Gasteiger partial charge in [-0.25, -0.2) is 4.98 Å². The highest BCUT2D eigenvalue weighted by Crippen LogP contribution is 2.27. The van der Waals surface area contributed by atoms with E-state index in [1.165, 1.54) is 5.56 Å². The van der Waals surface area contributed by atoms with Crippen LogP contribution in [0.1, 0.15) is 23.2 Å². The van der Waals surface area contributed by atoms with E-state index >= 15 is 0 Å². The van der Waals surface area contributed by atoms with Crippen LogP contribution in [0.3, 0.4) is 0 Å². The molecular weight excluding hydrogens is 218 g/mol. The standard InChI is InChI=1S/C12H15N3O2/c13-11(14)9-4-7-2-1-3-10(7)15-12(9)17-8-5-16-6-8/h4,8H,1-3,5-6H2,(H3,13,14). The monoisotopic (exact) mass is 233 g/mol. The van der Waals surface area contributed by atoms with E-state index in [1.807, 2.05) is 6.07 Å². The number of rotatable bonds is 3. The van der Waals surface area contributed by atoms with Crippen LogP contribution in [0.4, 0.5) is 0 Å². The minimum absolute atomic E-state index is 0.0161. The van der Waals surface area contributed by atoms with Gasteiger partial charge in [0.05, 0.1) is 18.8 Å². The van der Waals surface area contributed by atoms with Crippen molar-refractivity contribution >= 4 is 5.84 Å². The van der Waals surface area contributed by atoms with E-state index in [4.69, 9.17) is 20.6 Å². The minimum atomic E-state index is 0.0161. The fourth-order valence-electron chi connectivity index (χ4n) is 2.18. The Morgan fingerprint density at radius 1 is 1.47 bits per heavy atom. The lowest BCUT2D eigenvalue weighted by molar-refractivity contribution is -0.0814. The first-order valence-electron chi connectivity index (χ1n) is 5.85. The van der Waals surface area contributed by atoms with Gasteiger partial charge in [0.1, 0.15) is 11.9 Å². The molecule has 1 saturated heterocycles. The summed E-state index contributed by atoms with van der Waals surface area (Å²) in [4.78, 5) is 4.50. The molecule has 0 saturated carbocycles. The second-order valence-corrected chi connectivity index (χ2v) is 4.49. The molecular formula is C12H15N3O2. The van der Waals surface area contributed by atoms with Crippen LogP contribution in [0.25, 0.3) is 0 Å². The molecule has 0 unspecified atom stereocenters. The smallest absolute Gasteiger partial charge is 0.225 e. The maximum Gasteiger partial charge on any atom is 0.225 e. The first-order chi connectivity index (χ1) is 8.24. The topological polar surface area (TPSA) is 81.2 Å². The molecule has 2 aliphatic rings. The van der Waals surface area contributed by atoms with Gasteiger partial charge in [-0.2, -0.15) is 0 Å². The van der Waals surface area contributed by atoms with Crippen molar-refractivity contribution < 1.29 is 9.47 Å². The van der Waals surface area contributed by atoms with Crippen LogP contribution in [-0.2, 0) is 17.6 Å². The Labute approximate surface area is 99.4 Å².